The summed E-state index contributed by atoms with van der Waals surface area (Å²) in [6.45, 7) is 3.03. The Kier molecular flexibility index (Phi) is 4.65. The SMILES string of the molecule is NCC1(OC2CCOC3(CCOC3)C2)CCCCCC1. The summed E-state index contributed by atoms with van der Waals surface area (Å²) in [6.07, 6.45) is 10.7. The molecule has 2 heterocycles. The Balaban J connectivity index is 1.62. The quantitative estimate of drug-likeness (QED) is 0.808. The van der Waals surface area contributed by atoms with E-state index in [1.165, 1.54) is 25.7 Å². The lowest BCUT2D eigenvalue weighted by Gasteiger charge is -2.42. The molecule has 20 heavy (non-hydrogen) atoms. The molecule has 2 atom stereocenters. The van der Waals surface area contributed by atoms with E-state index in [2.05, 4.69) is 0 Å². The van der Waals surface area contributed by atoms with Gasteiger partial charge in [-0.05, 0) is 19.3 Å². The van der Waals surface area contributed by atoms with Crippen LogP contribution in [0.1, 0.15) is 57.8 Å². The predicted molar refractivity (Wildman–Crippen MR) is 77.7 cm³/mol. The lowest BCUT2D eigenvalue weighted by atomic mass is 9.89. The van der Waals surface area contributed by atoms with E-state index in [1.54, 1.807) is 0 Å². The third-order valence-corrected chi connectivity index (χ3v) is 5.32. The van der Waals surface area contributed by atoms with E-state index in [4.69, 9.17) is 19.9 Å². The molecule has 2 saturated heterocycles. The van der Waals surface area contributed by atoms with Crippen molar-refractivity contribution in [2.45, 2.75) is 75.1 Å². The van der Waals surface area contributed by atoms with Gasteiger partial charge < -0.3 is 19.9 Å². The molecule has 0 aromatic heterocycles. The van der Waals surface area contributed by atoms with Crippen molar-refractivity contribution >= 4 is 0 Å². The van der Waals surface area contributed by atoms with Crippen molar-refractivity contribution in [2.75, 3.05) is 26.4 Å². The Morgan fingerprint density at radius 1 is 1.05 bits per heavy atom. The highest BCUT2D eigenvalue weighted by molar-refractivity contribution is 4.93. The second kappa shape index (κ2) is 6.30. The number of ether oxygens (including phenoxy) is 3. The first-order valence-corrected chi connectivity index (χ1v) is 8.36. The van der Waals surface area contributed by atoms with Gasteiger partial charge in [0.25, 0.3) is 0 Å². The van der Waals surface area contributed by atoms with Crippen LogP contribution < -0.4 is 5.73 Å². The lowest BCUT2D eigenvalue weighted by molar-refractivity contribution is -0.175. The normalized spacial score (nSPS) is 38.0. The van der Waals surface area contributed by atoms with E-state index >= 15 is 0 Å². The van der Waals surface area contributed by atoms with E-state index in [9.17, 15) is 0 Å². The fourth-order valence-electron chi connectivity index (χ4n) is 4.04. The fraction of sp³-hybridized carbons (Fsp3) is 1.00. The van der Waals surface area contributed by atoms with Gasteiger partial charge in [0.2, 0.25) is 0 Å². The van der Waals surface area contributed by atoms with Crippen molar-refractivity contribution in [1.82, 2.24) is 0 Å². The van der Waals surface area contributed by atoms with Gasteiger partial charge >= 0.3 is 0 Å². The van der Waals surface area contributed by atoms with Crippen molar-refractivity contribution in [3.05, 3.63) is 0 Å². The molecular weight excluding hydrogens is 254 g/mol. The van der Waals surface area contributed by atoms with Crippen LogP contribution >= 0.6 is 0 Å². The van der Waals surface area contributed by atoms with Crippen molar-refractivity contribution in [3.8, 4) is 0 Å². The van der Waals surface area contributed by atoms with E-state index < -0.39 is 0 Å². The molecule has 2 aliphatic heterocycles. The van der Waals surface area contributed by atoms with Gasteiger partial charge in [-0.25, -0.2) is 0 Å². The summed E-state index contributed by atoms with van der Waals surface area (Å²) >= 11 is 0. The monoisotopic (exact) mass is 283 g/mol. The summed E-state index contributed by atoms with van der Waals surface area (Å²) in [7, 11) is 0. The molecule has 3 fully saturated rings. The van der Waals surface area contributed by atoms with Gasteiger partial charge in [0.05, 0.1) is 23.9 Å². The number of rotatable bonds is 3. The maximum atomic E-state index is 6.58. The third kappa shape index (κ3) is 3.19. The average molecular weight is 283 g/mol. The molecule has 3 rings (SSSR count). The highest BCUT2D eigenvalue weighted by Crippen LogP contribution is 2.38. The van der Waals surface area contributed by atoms with Crippen molar-refractivity contribution < 1.29 is 14.2 Å². The summed E-state index contributed by atoms with van der Waals surface area (Å²) in [5.41, 5.74) is 5.95. The maximum absolute atomic E-state index is 6.58. The van der Waals surface area contributed by atoms with E-state index in [0.29, 0.717) is 12.6 Å². The Hall–Kier alpha value is -0.160. The van der Waals surface area contributed by atoms with Gasteiger partial charge in [0.15, 0.2) is 0 Å². The largest absolute Gasteiger partial charge is 0.378 e. The molecule has 0 radical (unpaired) electrons. The summed E-state index contributed by atoms with van der Waals surface area (Å²) < 4.78 is 18.1. The molecule has 1 saturated carbocycles. The molecule has 0 amide bonds. The summed E-state index contributed by atoms with van der Waals surface area (Å²) in [5.74, 6) is 0. The first-order chi connectivity index (χ1) is 9.76. The predicted octanol–water partition coefficient (Wildman–Crippen LogP) is 2.39. The van der Waals surface area contributed by atoms with E-state index in [0.717, 1.165) is 51.9 Å². The van der Waals surface area contributed by atoms with Crippen molar-refractivity contribution in [1.29, 1.82) is 0 Å². The van der Waals surface area contributed by atoms with Crippen LogP contribution in [0.5, 0.6) is 0 Å². The zero-order valence-electron chi connectivity index (χ0n) is 12.6. The Morgan fingerprint density at radius 2 is 1.85 bits per heavy atom. The summed E-state index contributed by atoms with van der Waals surface area (Å²) in [4.78, 5) is 0. The van der Waals surface area contributed by atoms with Crippen LogP contribution in [0.25, 0.3) is 0 Å². The van der Waals surface area contributed by atoms with Crippen LogP contribution in [-0.2, 0) is 14.2 Å². The zero-order valence-corrected chi connectivity index (χ0v) is 12.6. The Morgan fingerprint density at radius 3 is 2.50 bits per heavy atom. The van der Waals surface area contributed by atoms with Crippen LogP contribution in [0.15, 0.2) is 0 Å². The molecule has 0 aromatic rings. The minimum Gasteiger partial charge on any atom is -0.378 e. The van der Waals surface area contributed by atoms with Crippen molar-refractivity contribution in [3.63, 3.8) is 0 Å². The second-order valence-corrected chi connectivity index (χ2v) is 6.87. The molecule has 4 heteroatoms. The van der Waals surface area contributed by atoms with Gasteiger partial charge in [-0.2, -0.15) is 0 Å². The highest BCUT2D eigenvalue weighted by atomic mass is 16.6. The van der Waals surface area contributed by atoms with Crippen LogP contribution in [0.4, 0.5) is 0 Å². The topological polar surface area (TPSA) is 53.7 Å². The molecule has 3 aliphatic rings. The van der Waals surface area contributed by atoms with Gasteiger partial charge in [0.1, 0.15) is 0 Å². The van der Waals surface area contributed by atoms with Gasteiger partial charge in [-0.15, -0.1) is 0 Å². The van der Waals surface area contributed by atoms with Gasteiger partial charge in [0, 0.05) is 32.6 Å². The Labute approximate surface area is 122 Å². The van der Waals surface area contributed by atoms with Crippen LogP contribution in [0.2, 0.25) is 0 Å². The molecule has 1 spiro atoms. The van der Waals surface area contributed by atoms with Crippen LogP contribution in [-0.4, -0.2) is 43.7 Å². The lowest BCUT2D eigenvalue weighted by Crippen LogP contribution is -2.49. The second-order valence-electron chi connectivity index (χ2n) is 6.87. The van der Waals surface area contributed by atoms with Gasteiger partial charge in [-0.3, -0.25) is 0 Å². The minimum absolute atomic E-state index is 0.0660. The maximum Gasteiger partial charge on any atom is 0.0961 e. The highest BCUT2D eigenvalue weighted by Gasteiger charge is 2.43. The zero-order chi connectivity index (χ0) is 13.9. The van der Waals surface area contributed by atoms with Crippen LogP contribution in [0, 0.1) is 0 Å². The Bertz CT molecular complexity index is 307. The molecule has 2 unspecified atom stereocenters. The molecule has 2 N–H and O–H groups in total. The summed E-state index contributed by atoms with van der Waals surface area (Å²) in [5, 5.41) is 0. The first kappa shape index (κ1) is 14.8. The average Bonchev–Trinajstić information content (AvgIpc) is 2.77. The fourth-order valence-corrected chi connectivity index (χ4v) is 4.04. The molecule has 0 aromatic carbocycles. The van der Waals surface area contributed by atoms with E-state index in [-0.39, 0.29) is 11.2 Å². The van der Waals surface area contributed by atoms with Crippen molar-refractivity contribution in [2.24, 2.45) is 5.73 Å². The first-order valence-electron chi connectivity index (χ1n) is 8.36. The molecule has 116 valence electrons. The third-order valence-electron chi connectivity index (χ3n) is 5.32. The van der Waals surface area contributed by atoms with Crippen LogP contribution in [0.3, 0.4) is 0 Å². The standard InChI is InChI=1S/C16H29NO3/c17-12-15(6-3-1-2-4-7-15)20-14-5-9-19-16(11-14)8-10-18-13-16/h14H,1-13,17H2. The number of hydrogen-bond acceptors (Lipinski definition) is 4. The summed E-state index contributed by atoms with van der Waals surface area (Å²) in [6, 6.07) is 0. The molecule has 4 nitrogen and oxygen atoms in total. The minimum atomic E-state index is -0.0703. The molecule has 0 bridgehead atoms. The van der Waals surface area contributed by atoms with Gasteiger partial charge in [-0.1, -0.05) is 25.7 Å². The number of hydrogen-bond donors (Lipinski definition) is 1. The molecular formula is C16H29NO3. The molecule has 1 aliphatic carbocycles. The smallest absolute Gasteiger partial charge is 0.0961 e. The van der Waals surface area contributed by atoms with E-state index in [1.807, 2.05) is 0 Å². The number of nitrogens with two attached hydrogens (primary N) is 1.